The first-order chi connectivity index (χ1) is 10.1. The minimum atomic E-state index is -0.524. The molecule has 0 unspecified atom stereocenters. The molecule has 1 amide bonds. The lowest BCUT2D eigenvalue weighted by Gasteiger charge is -2.02. The molecule has 0 spiro atoms. The summed E-state index contributed by atoms with van der Waals surface area (Å²) >= 11 is 0. The van der Waals surface area contributed by atoms with E-state index >= 15 is 0 Å². The third kappa shape index (κ3) is 2.27. The average molecular weight is 281 g/mol. The first-order valence-electron chi connectivity index (χ1n) is 6.31. The van der Waals surface area contributed by atoms with Crippen LogP contribution in [-0.2, 0) is 0 Å². The fourth-order valence-electron chi connectivity index (χ4n) is 2.18. The number of nitro benzene ring substituents is 1. The zero-order valence-corrected chi connectivity index (χ0v) is 11.2. The lowest BCUT2D eigenvalue weighted by Crippen LogP contribution is -2.21. The van der Waals surface area contributed by atoms with Crippen LogP contribution in [0.3, 0.4) is 0 Å². The summed E-state index contributed by atoms with van der Waals surface area (Å²) in [6, 6.07) is 11.7. The van der Waals surface area contributed by atoms with Crippen molar-refractivity contribution in [3.63, 3.8) is 0 Å². The van der Waals surface area contributed by atoms with E-state index in [1.165, 1.54) is 12.1 Å². The summed E-state index contributed by atoms with van der Waals surface area (Å²) in [5.74, 6) is 0.0419. The minimum absolute atomic E-state index is 0.110. The third-order valence-corrected chi connectivity index (χ3v) is 3.29. The fraction of sp³-hybridized carbons (Fsp3) is 0.0667. The summed E-state index contributed by atoms with van der Waals surface area (Å²) < 4.78 is 0. The van der Waals surface area contributed by atoms with Crippen molar-refractivity contribution in [1.82, 2.24) is 5.32 Å². The number of aliphatic imine (C=N–C) groups is 1. The minimum Gasteiger partial charge on any atom is -0.306 e. The predicted molar refractivity (Wildman–Crippen MR) is 77.9 cm³/mol. The molecular weight excluding hydrogens is 270 g/mol. The van der Waals surface area contributed by atoms with E-state index in [4.69, 9.17) is 0 Å². The number of hydrogen-bond acceptors (Lipinski definition) is 4. The molecule has 0 saturated heterocycles. The third-order valence-electron chi connectivity index (χ3n) is 3.29. The molecule has 104 valence electrons. The van der Waals surface area contributed by atoms with Crippen molar-refractivity contribution in [2.45, 2.75) is 6.92 Å². The highest BCUT2D eigenvalue weighted by Gasteiger charge is 2.27. The standard InChI is InChI=1S/C15H11N3O3/c1-9-4-2-3-5-13(9)16-14-11-7-6-10(18(20)21)8-12(11)15(19)17-14/h2-8H,1H3,(H,16,17,19). The number of carbonyl (C=O) groups is 1. The summed E-state index contributed by atoms with van der Waals surface area (Å²) in [7, 11) is 0. The molecule has 2 aromatic carbocycles. The van der Waals surface area contributed by atoms with Crippen LogP contribution in [-0.4, -0.2) is 16.7 Å². The molecule has 0 saturated carbocycles. The number of amidine groups is 1. The smallest absolute Gasteiger partial charge is 0.270 e. The average Bonchev–Trinajstić information content (AvgIpc) is 2.77. The van der Waals surface area contributed by atoms with Crippen LogP contribution in [0.4, 0.5) is 11.4 Å². The van der Waals surface area contributed by atoms with Crippen molar-refractivity contribution in [1.29, 1.82) is 0 Å². The second-order valence-electron chi connectivity index (χ2n) is 4.69. The van der Waals surface area contributed by atoms with Crippen LogP contribution >= 0.6 is 0 Å². The maximum absolute atomic E-state index is 11.9. The molecule has 0 aromatic heterocycles. The number of hydrogen-bond donors (Lipinski definition) is 1. The lowest BCUT2D eigenvalue weighted by atomic mass is 10.1. The molecule has 6 heteroatoms. The molecule has 6 nitrogen and oxygen atoms in total. The Bertz CT molecular complexity index is 797. The van der Waals surface area contributed by atoms with E-state index in [1.54, 1.807) is 6.07 Å². The van der Waals surface area contributed by atoms with E-state index in [0.29, 0.717) is 11.4 Å². The zero-order chi connectivity index (χ0) is 15.0. The molecule has 0 atom stereocenters. The molecule has 21 heavy (non-hydrogen) atoms. The maximum Gasteiger partial charge on any atom is 0.270 e. The molecular formula is C15H11N3O3. The van der Waals surface area contributed by atoms with Crippen LogP contribution in [0, 0.1) is 17.0 Å². The van der Waals surface area contributed by atoms with Gasteiger partial charge in [0.1, 0.15) is 5.84 Å². The van der Waals surface area contributed by atoms with Crippen LogP contribution in [0.2, 0.25) is 0 Å². The summed E-state index contributed by atoms with van der Waals surface area (Å²) in [6.07, 6.45) is 0. The Labute approximate surface area is 120 Å². The van der Waals surface area contributed by atoms with Gasteiger partial charge in [-0.15, -0.1) is 0 Å². The summed E-state index contributed by atoms with van der Waals surface area (Å²) in [6.45, 7) is 1.92. The molecule has 1 aliphatic rings. The van der Waals surface area contributed by atoms with E-state index in [9.17, 15) is 14.9 Å². The molecule has 0 radical (unpaired) electrons. The summed E-state index contributed by atoms with van der Waals surface area (Å²) in [5, 5.41) is 13.4. The van der Waals surface area contributed by atoms with Crippen molar-refractivity contribution >= 4 is 23.1 Å². The Morgan fingerprint density at radius 3 is 2.62 bits per heavy atom. The first-order valence-corrected chi connectivity index (χ1v) is 6.31. The SMILES string of the molecule is Cc1ccccc1N=C1NC(=O)c2cc([N+](=O)[O-])ccc21. The monoisotopic (exact) mass is 281 g/mol. The topological polar surface area (TPSA) is 84.6 Å². The second kappa shape index (κ2) is 4.82. The van der Waals surface area contributed by atoms with Gasteiger partial charge in [-0.1, -0.05) is 18.2 Å². The Hall–Kier alpha value is -3.02. The number of carbonyl (C=O) groups excluding carboxylic acids is 1. The molecule has 3 rings (SSSR count). The van der Waals surface area contributed by atoms with E-state index in [0.717, 1.165) is 11.3 Å². The van der Waals surface area contributed by atoms with E-state index < -0.39 is 4.92 Å². The van der Waals surface area contributed by atoms with Gasteiger partial charge in [0.05, 0.1) is 16.2 Å². The number of fused-ring (bicyclic) bond motifs is 1. The molecule has 0 aliphatic carbocycles. The van der Waals surface area contributed by atoms with Crippen molar-refractivity contribution in [2.24, 2.45) is 4.99 Å². The van der Waals surface area contributed by atoms with Gasteiger partial charge in [-0.25, -0.2) is 4.99 Å². The van der Waals surface area contributed by atoms with E-state index in [-0.39, 0.29) is 17.2 Å². The van der Waals surface area contributed by atoms with Crippen LogP contribution in [0.1, 0.15) is 21.5 Å². The van der Waals surface area contributed by atoms with Gasteiger partial charge >= 0.3 is 0 Å². The Kier molecular flexibility index (Phi) is 2.98. The van der Waals surface area contributed by atoms with Gasteiger partial charge in [-0.3, -0.25) is 14.9 Å². The van der Waals surface area contributed by atoms with Crippen molar-refractivity contribution in [3.05, 3.63) is 69.3 Å². The quantitative estimate of drug-likeness (QED) is 0.678. The van der Waals surface area contributed by atoms with Crippen molar-refractivity contribution in [3.8, 4) is 0 Å². The molecule has 1 aliphatic heterocycles. The van der Waals surface area contributed by atoms with Crippen LogP contribution in [0.25, 0.3) is 0 Å². The lowest BCUT2D eigenvalue weighted by molar-refractivity contribution is -0.384. The molecule has 0 bridgehead atoms. The number of para-hydroxylation sites is 1. The second-order valence-corrected chi connectivity index (χ2v) is 4.69. The number of nitrogens with one attached hydrogen (secondary N) is 1. The van der Waals surface area contributed by atoms with Crippen LogP contribution in [0.5, 0.6) is 0 Å². The molecule has 1 heterocycles. The number of rotatable bonds is 2. The normalized spacial score (nSPS) is 14.9. The number of nitrogens with zero attached hydrogens (tertiary/aromatic N) is 2. The van der Waals surface area contributed by atoms with Gasteiger partial charge < -0.3 is 5.32 Å². The van der Waals surface area contributed by atoms with Gasteiger partial charge in [-0.05, 0) is 24.6 Å². The zero-order valence-electron chi connectivity index (χ0n) is 11.2. The van der Waals surface area contributed by atoms with Crippen molar-refractivity contribution in [2.75, 3.05) is 0 Å². The highest BCUT2D eigenvalue weighted by molar-refractivity contribution is 6.24. The highest BCUT2D eigenvalue weighted by Crippen LogP contribution is 2.25. The molecule has 1 N–H and O–H groups in total. The number of aryl methyl sites for hydroxylation is 1. The Morgan fingerprint density at radius 2 is 1.90 bits per heavy atom. The summed E-state index contributed by atoms with van der Waals surface area (Å²) in [5.41, 5.74) is 2.47. The Morgan fingerprint density at radius 1 is 1.14 bits per heavy atom. The number of non-ortho nitro benzene ring substituents is 1. The largest absolute Gasteiger partial charge is 0.306 e. The van der Waals surface area contributed by atoms with Gasteiger partial charge in [0.2, 0.25) is 0 Å². The number of nitro groups is 1. The predicted octanol–water partition coefficient (Wildman–Crippen LogP) is 2.72. The molecule has 0 fully saturated rings. The van der Waals surface area contributed by atoms with Crippen molar-refractivity contribution < 1.29 is 9.72 Å². The van der Waals surface area contributed by atoms with Gasteiger partial charge in [0, 0.05) is 17.7 Å². The van der Waals surface area contributed by atoms with Gasteiger partial charge in [0.15, 0.2) is 0 Å². The van der Waals surface area contributed by atoms with Gasteiger partial charge in [-0.2, -0.15) is 0 Å². The highest BCUT2D eigenvalue weighted by atomic mass is 16.6. The van der Waals surface area contributed by atoms with E-state index in [2.05, 4.69) is 10.3 Å². The number of amides is 1. The first kappa shape index (κ1) is 13.0. The number of benzene rings is 2. The van der Waals surface area contributed by atoms with Gasteiger partial charge in [0.25, 0.3) is 11.6 Å². The van der Waals surface area contributed by atoms with Crippen LogP contribution in [0.15, 0.2) is 47.5 Å². The van der Waals surface area contributed by atoms with E-state index in [1.807, 2.05) is 31.2 Å². The summed E-state index contributed by atoms with van der Waals surface area (Å²) in [4.78, 5) is 26.6. The van der Waals surface area contributed by atoms with Crippen LogP contribution < -0.4 is 5.32 Å². The Balaban J connectivity index is 2.09. The fourth-order valence-corrected chi connectivity index (χ4v) is 2.18. The maximum atomic E-state index is 11.9. The molecule has 2 aromatic rings.